The van der Waals surface area contributed by atoms with Crippen LogP contribution in [0.4, 0.5) is 5.82 Å². The molecule has 0 bridgehead atoms. The Morgan fingerprint density at radius 1 is 0.808 bits per heavy atom. The van der Waals surface area contributed by atoms with E-state index in [-0.39, 0.29) is 12.2 Å². The van der Waals surface area contributed by atoms with Crippen LogP contribution in [0.25, 0.3) is 22.6 Å². The van der Waals surface area contributed by atoms with E-state index in [0.29, 0.717) is 5.82 Å². The maximum atomic E-state index is 5.89. The zero-order chi connectivity index (χ0) is 17.9. The lowest BCUT2D eigenvalue weighted by Gasteiger charge is -2.36. The molecule has 2 aromatic carbocycles. The molecule has 5 heteroatoms. The highest BCUT2D eigenvalue weighted by molar-refractivity contribution is 5.73. The third-order valence-corrected chi connectivity index (χ3v) is 4.47. The van der Waals surface area contributed by atoms with E-state index in [1.165, 1.54) is 0 Å². The maximum Gasteiger partial charge on any atom is 0.183 e. The van der Waals surface area contributed by atoms with Gasteiger partial charge in [-0.15, -0.1) is 10.2 Å². The quantitative estimate of drug-likeness (QED) is 0.722. The van der Waals surface area contributed by atoms with Crippen molar-refractivity contribution in [1.29, 1.82) is 0 Å². The molecular formula is C21H22N4O. The van der Waals surface area contributed by atoms with Crippen molar-refractivity contribution in [2.45, 2.75) is 26.1 Å². The van der Waals surface area contributed by atoms with E-state index in [1.54, 1.807) is 0 Å². The summed E-state index contributed by atoms with van der Waals surface area (Å²) < 4.78 is 5.89. The standard InChI is InChI=1S/C21H22N4O/c1-15-13-25(14-16(2)26-15)21-19(17-9-5-3-6-10-17)23-24-20(22-21)18-11-7-4-8-12-18/h3-12,15-16H,13-14H2,1-2H3/t15-,16-/m1/s1. The van der Waals surface area contributed by atoms with Gasteiger partial charge >= 0.3 is 0 Å². The van der Waals surface area contributed by atoms with Crippen LogP contribution < -0.4 is 4.90 Å². The Balaban J connectivity index is 1.82. The Hall–Kier alpha value is -2.79. The number of aromatic nitrogens is 3. The lowest BCUT2D eigenvalue weighted by molar-refractivity contribution is -0.00544. The molecule has 0 saturated carbocycles. The summed E-state index contributed by atoms with van der Waals surface area (Å²) in [4.78, 5) is 7.17. The molecule has 0 radical (unpaired) electrons. The lowest BCUT2D eigenvalue weighted by Crippen LogP contribution is -2.46. The molecule has 4 rings (SSSR count). The van der Waals surface area contributed by atoms with Crippen LogP contribution in [-0.4, -0.2) is 40.5 Å². The topological polar surface area (TPSA) is 51.1 Å². The highest BCUT2D eigenvalue weighted by Crippen LogP contribution is 2.30. The van der Waals surface area contributed by atoms with E-state index in [9.17, 15) is 0 Å². The van der Waals surface area contributed by atoms with Crippen LogP contribution in [-0.2, 0) is 4.74 Å². The van der Waals surface area contributed by atoms with Gasteiger partial charge in [0.15, 0.2) is 11.6 Å². The van der Waals surface area contributed by atoms with Gasteiger partial charge in [0.1, 0.15) is 5.69 Å². The normalized spacial score (nSPS) is 20.2. The fourth-order valence-electron chi connectivity index (χ4n) is 3.38. The van der Waals surface area contributed by atoms with Crippen molar-refractivity contribution in [3.8, 4) is 22.6 Å². The number of hydrogen-bond donors (Lipinski definition) is 0. The summed E-state index contributed by atoms with van der Waals surface area (Å²) in [6.45, 7) is 5.77. The summed E-state index contributed by atoms with van der Waals surface area (Å²) in [6.07, 6.45) is 0.301. The van der Waals surface area contributed by atoms with E-state index in [2.05, 4.69) is 28.9 Å². The van der Waals surface area contributed by atoms with Crippen LogP contribution >= 0.6 is 0 Å². The van der Waals surface area contributed by atoms with Gasteiger partial charge in [0.2, 0.25) is 0 Å². The first-order valence-corrected chi connectivity index (χ1v) is 8.96. The van der Waals surface area contributed by atoms with E-state index in [1.807, 2.05) is 60.7 Å². The Morgan fingerprint density at radius 2 is 1.38 bits per heavy atom. The van der Waals surface area contributed by atoms with Crippen molar-refractivity contribution in [3.63, 3.8) is 0 Å². The van der Waals surface area contributed by atoms with Crippen LogP contribution in [0.2, 0.25) is 0 Å². The molecule has 5 nitrogen and oxygen atoms in total. The number of hydrogen-bond acceptors (Lipinski definition) is 5. The van der Waals surface area contributed by atoms with Gasteiger partial charge in [0.25, 0.3) is 0 Å². The third kappa shape index (κ3) is 3.44. The first-order valence-electron chi connectivity index (χ1n) is 8.96. The van der Waals surface area contributed by atoms with Crippen LogP contribution in [0.5, 0.6) is 0 Å². The Labute approximate surface area is 153 Å². The molecule has 0 unspecified atom stereocenters. The molecule has 2 heterocycles. The van der Waals surface area contributed by atoms with E-state index in [0.717, 1.165) is 35.7 Å². The predicted octanol–water partition coefficient (Wildman–Crippen LogP) is 3.82. The van der Waals surface area contributed by atoms with E-state index < -0.39 is 0 Å². The second kappa shape index (κ2) is 7.22. The van der Waals surface area contributed by atoms with Gasteiger partial charge in [0.05, 0.1) is 12.2 Å². The second-order valence-electron chi connectivity index (χ2n) is 6.70. The number of benzene rings is 2. The minimum Gasteiger partial charge on any atom is -0.372 e. The Kier molecular flexibility index (Phi) is 4.63. The largest absolute Gasteiger partial charge is 0.372 e. The smallest absolute Gasteiger partial charge is 0.183 e. The summed E-state index contributed by atoms with van der Waals surface area (Å²) in [5.74, 6) is 1.51. The molecule has 1 aliphatic heterocycles. The fraction of sp³-hybridized carbons (Fsp3) is 0.286. The number of nitrogens with zero attached hydrogens (tertiary/aromatic N) is 4. The van der Waals surface area contributed by atoms with Crippen molar-refractivity contribution in [2.24, 2.45) is 0 Å². The highest BCUT2D eigenvalue weighted by Gasteiger charge is 2.26. The average molecular weight is 346 g/mol. The molecule has 26 heavy (non-hydrogen) atoms. The molecule has 2 atom stereocenters. The van der Waals surface area contributed by atoms with Gasteiger partial charge in [0, 0.05) is 24.2 Å². The molecule has 1 aromatic heterocycles. The van der Waals surface area contributed by atoms with Crippen molar-refractivity contribution in [1.82, 2.24) is 15.2 Å². The maximum absolute atomic E-state index is 5.89. The predicted molar refractivity (Wildman–Crippen MR) is 103 cm³/mol. The van der Waals surface area contributed by atoms with Crippen molar-refractivity contribution in [3.05, 3.63) is 60.7 Å². The molecule has 1 saturated heterocycles. The van der Waals surface area contributed by atoms with Crippen LogP contribution in [0.3, 0.4) is 0 Å². The zero-order valence-electron chi connectivity index (χ0n) is 15.0. The number of rotatable bonds is 3. The summed E-state index contributed by atoms with van der Waals surface area (Å²) >= 11 is 0. The fourth-order valence-corrected chi connectivity index (χ4v) is 3.38. The summed E-state index contributed by atoms with van der Waals surface area (Å²) in [5.41, 5.74) is 2.80. The number of morpholine rings is 1. The summed E-state index contributed by atoms with van der Waals surface area (Å²) in [6, 6.07) is 20.1. The van der Waals surface area contributed by atoms with Gasteiger partial charge in [-0.05, 0) is 13.8 Å². The van der Waals surface area contributed by atoms with Gasteiger partial charge in [-0.25, -0.2) is 4.98 Å². The van der Waals surface area contributed by atoms with Gasteiger partial charge in [-0.1, -0.05) is 60.7 Å². The molecule has 3 aromatic rings. The van der Waals surface area contributed by atoms with Crippen LogP contribution in [0.15, 0.2) is 60.7 Å². The molecule has 132 valence electrons. The molecule has 0 aliphatic carbocycles. The summed E-state index contributed by atoms with van der Waals surface area (Å²) in [7, 11) is 0. The average Bonchev–Trinajstić information content (AvgIpc) is 2.68. The van der Waals surface area contributed by atoms with Gasteiger partial charge in [-0.3, -0.25) is 0 Å². The zero-order valence-corrected chi connectivity index (χ0v) is 15.0. The first-order chi connectivity index (χ1) is 12.7. The molecule has 0 N–H and O–H groups in total. The molecule has 0 spiro atoms. The number of ether oxygens (including phenoxy) is 1. The molecule has 1 aliphatic rings. The SMILES string of the molecule is C[C@@H]1CN(c2nc(-c3ccccc3)nnc2-c2ccccc2)C[C@@H](C)O1. The highest BCUT2D eigenvalue weighted by atomic mass is 16.5. The van der Waals surface area contributed by atoms with E-state index in [4.69, 9.17) is 9.72 Å². The monoisotopic (exact) mass is 346 g/mol. The van der Waals surface area contributed by atoms with Crippen LogP contribution in [0, 0.1) is 0 Å². The van der Waals surface area contributed by atoms with E-state index >= 15 is 0 Å². The van der Waals surface area contributed by atoms with Crippen molar-refractivity contribution >= 4 is 5.82 Å². The van der Waals surface area contributed by atoms with Crippen molar-refractivity contribution in [2.75, 3.05) is 18.0 Å². The third-order valence-electron chi connectivity index (χ3n) is 4.47. The first kappa shape index (κ1) is 16.7. The van der Waals surface area contributed by atoms with Crippen molar-refractivity contribution < 1.29 is 4.74 Å². The molecular weight excluding hydrogens is 324 g/mol. The summed E-state index contributed by atoms with van der Waals surface area (Å²) in [5, 5.41) is 8.96. The number of anilines is 1. The minimum absolute atomic E-state index is 0.150. The Bertz CT molecular complexity index is 860. The Morgan fingerprint density at radius 3 is 2.00 bits per heavy atom. The molecule has 1 fully saturated rings. The second-order valence-corrected chi connectivity index (χ2v) is 6.70. The molecule has 0 amide bonds. The van der Waals surface area contributed by atoms with Gasteiger partial charge in [-0.2, -0.15) is 0 Å². The van der Waals surface area contributed by atoms with Gasteiger partial charge < -0.3 is 9.64 Å². The lowest BCUT2D eigenvalue weighted by atomic mass is 10.1. The minimum atomic E-state index is 0.150. The van der Waals surface area contributed by atoms with Crippen LogP contribution in [0.1, 0.15) is 13.8 Å².